The number of fused-ring (bicyclic) bond motifs is 2. The highest BCUT2D eigenvalue weighted by Gasteiger charge is 2.29. The van der Waals surface area contributed by atoms with E-state index in [1.165, 1.54) is 23.9 Å². The second kappa shape index (κ2) is 9.78. The normalized spacial score (nSPS) is 17.2. The Morgan fingerprint density at radius 3 is 2.79 bits per heavy atom. The molecule has 3 aromatic carbocycles. The number of anilines is 1. The second-order valence-corrected chi connectivity index (χ2v) is 9.74. The summed E-state index contributed by atoms with van der Waals surface area (Å²) in [5, 5.41) is 3.18. The van der Waals surface area contributed by atoms with Crippen molar-refractivity contribution >= 4 is 40.9 Å². The molecule has 0 aromatic heterocycles. The lowest BCUT2D eigenvalue weighted by molar-refractivity contribution is 0.0857. The number of nitrogens with zero attached hydrogens (tertiary/aromatic N) is 1. The van der Waals surface area contributed by atoms with Gasteiger partial charge in [-0.3, -0.25) is 9.59 Å². The van der Waals surface area contributed by atoms with Crippen molar-refractivity contribution in [2.24, 2.45) is 0 Å². The minimum absolute atomic E-state index is 0.0357. The SMILES string of the molecule is O=C(NCC1CCCO1)c1ccc2c(c1)N(Cc1ccc(F)cc1Cl)C(=O)c1ccccc1S2. The van der Waals surface area contributed by atoms with Gasteiger partial charge in [-0.25, -0.2) is 4.39 Å². The summed E-state index contributed by atoms with van der Waals surface area (Å²) in [6.45, 7) is 1.31. The summed E-state index contributed by atoms with van der Waals surface area (Å²) in [7, 11) is 0. The molecule has 1 atom stereocenters. The van der Waals surface area contributed by atoms with Gasteiger partial charge in [-0.1, -0.05) is 41.6 Å². The number of carbonyl (C=O) groups excluding carboxylic acids is 2. The smallest absolute Gasteiger partial charge is 0.259 e. The van der Waals surface area contributed by atoms with Gasteiger partial charge in [0.2, 0.25) is 0 Å². The number of carbonyl (C=O) groups is 2. The van der Waals surface area contributed by atoms with Crippen molar-refractivity contribution in [1.29, 1.82) is 0 Å². The lowest BCUT2D eigenvalue weighted by Crippen LogP contribution is -2.33. The van der Waals surface area contributed by atoms with E-state index in [2.05, 4.69) is 5.32 Å². The van der Waals surface area contributed by atoms with Crippen LogP contribution in [0.25, 0.3) is 0 Å². The highest BCUT2D eigenvalue weighted by atomic mass is 35.5. The third-order valence-corrected chi connectivity index (χ3v) is 7.45. The van der Waals surface area contributed by atoms with E-state index in [0.29, 0.717) is 28.9 Å². The van der Waals surface area contributed by atoms with Gasteiger partial charge < -0.3 is 15.0 Å². The van der Waals surface area contributed by atoms with Crippen molar-refractivity contribution in [1.82, 2.24) is 5.32 Å². The molecule has 2 aliphatic rings. The van der Waals surface area contributed by atoms with Gasteiger partial charge in [-0.15, -0.1) is 0 Å². The fraction of sp³-hybridized carbons (Fsp3) is 0.231. The summed E-state index contributed by atoms with van der Waals surface area (Å²) in [5.74, 6) is -0.876. The van der Waals surface area contributed by atoms with Crippen LogP contribution in [0.3, 0.4) is 0 Å². The fourth-order valence-corrected chi connectivity index (χ4v) is 5.44. The van der Waals surface area contributed by atoms with E-state index in [0.717, 1.165) is 29.2 Å². The minimum Gasteiger partial charge on any atom is -0.376 e. The Kier molecular flexibility index (Phi) is 6.59. The summed E-state index contributed by atoms with van der Waals surface area (Å²) in [6.07, 6.45) is 1.97. The zero-order valence-electron chi connectivity index (χ0n) is 18.2. The van der Waals surface area contributed by atoms with E-state index in [1.807, 2.05) is 24.3 Å². The van der Waals surface area contributed by atoms with Crippen LogP contribution in [0.5, 0.6) is 0 Å². The van der Waals surface area contributed by atoms with Crippen LogP contribution in [0, 0.1) is 5.82 Å². The van der Waals surface area contributed by atoms with Crippen LogP contribution < -0.4 is 10.2 Å². The summed E-state index contributed by atoms with van der Waals surface area (Å²) in [5.41, 5.74) is 2.23. The molecule has 8 heteroatoms. The van der Waals surface area contributed by atoms with E-state index in [9.17, 15) is 14.0 Å². The second-order valence-electron chi connectivity index (χ2n) is 8.25. The van der Waals surface area contributed by atoms with Gasteiger partial charge in [-0.2, -0.15) is 0 Å². The maximum Gasteiger partial charge on any atom is 0.259 e. The van der Waals surface area contributed by atoms with E-state index in [4.69, 9.17) is 16.3 Å². The maximum atomic E-state index is 13.6. The Bertz CT molecular complexity index is 1260. The molecule has 5 nitrogen and oxygen atoms in total. The number of benzene rings is 3. The number of hydrogen-bond acceptors (Lipinski definition) is 4. The summed E-state index contributed by atoms with van der Waals surface area (Å²) in [6, 6.07) is 16.9. The first kappa shape index (κ1) is 22.9. The molecule has 3 aromatic rings. The first-order valence-electron chi connectivity index (χ1n) is 11.1. The lowest BCUT2D eigenvalue weighted by atomic mass is 10.1. The Balaban J connectivity index is 1.51. The molecule has 174 valence electrons. The number of ether oxygens (including phenoxy) is 1. The van der Waals surface area contributed by atoms with Gasteiger partial charge in [-0.05, 0) is 60.9 Å². The van der Waals surface area contributed by atoms with Gasteiger partial charge in [0.25, 0.3) is 11.8 Å². The van der Waals surface area contributed by atoms with Crippen LogP contribution in [0.4, 0.5) is 10.1 Å². The summed E-state index contributed by atoms with van der Waals surface area (Å²) >= 11 is 7.77. The van der Waals surface area contributed by atoms with Crippen molar-refractivity contribution in [3.63, 3.8) is 0 Å². The highest BCUT2D eigenvalue weighted by molar-refractivity contribution is 7.99. The molecule has 0 spiro atoms. The molecule has 2 heterocycles. The largest absolute Gasteiger partial charge is 0.376 e. The Morgan fingerprint density at radius 2 is 2.00 bits per heavy atom. The number of nitrogens with one attached hydrogen (secondary N) is 1. The van der Waals surface area contributed by atoms with Crippen molar-refractivity contribution in [3.8, 4) is 0 Å². The molecule has 34 heavy (non-hydrogen) atoms. The molecule has 1 fully saturated rings. The summed E-state index contributed by atoms with van der Waals surface area (Å²) in [4.78, 5) is 29.8. The monoisotopic (exact) mass is 496 g/mol. The van der Waals surface area contributed by atoms with Crippen molar-refractivity contribution < 1.29 is 18.7 Å². The number of hydrogen-bond donors (Lipinski definition) is 1. The van der Waals surface area contributed by atoms with Crippen LogP contribution in [-0.4, -0.2) is 31.1 Å². The Morgan fingerprint density at radius 1 is 1.15 bits per heavy atom. The highest BCUT2D eigenvalue weighted by Crippen LogP contribution is 2.42. The molecule has 2 aliphatic heterocycles. The van der Waals surface area contributed by atoms with Crippen molar-refractivity contribution in [2.45, 2.75) is 35.3 Å². The molecule has 1 saturated heterocycles. The van der Waals surface area contributed by atoms with Crippen LogP contribution in [-0.2, 0) is 11.3 Å². The van der Waals surface area contributed by atoms with Gasteiger partial charge >= 0.3 is 0 Å². The molecule has 1 unspecified atom stereocenters. The van der Waals surface area contributed by atoms with E-state index in [-0.39, 0.29) is 29.5 Å². The first-order valence-corrected chi connectivity index (χ1v) is 12.3. The molecule has 0 aliphatic carbocycles. The van der Waals surface area contributed by atoms with Crippen LogP contribution in [0.2, 0.25) is 5.02 Å². The maximum absolute atomic E-state index is 13.6. The predicted octanol–water partition coefficient (Wildman–Crippen LogP) is 5.70. The third-order valence-electron chi connectivity index (χ3n) is 5.95. The van der Waals surface area contributed by atoms with Crippen LogP contribution in [0.1, 0.15) is 39.1 Å². The number of amides is 2. The van der Waals surface area contributed by atoms with Gasteiger partial charge in [0, 0.05) is 33.5 Å². The molecule has 0 saturated carbocycles. The van der Waals surface area contributed by atoms with E-state index >= 15 is 0 Å². The molecular weight excluding hydrogens is 475 g/mol. The lowest BCUT2D eigenvalue weighted by Gasteiger charge is -2.24. The van der Waals surface area contributed by atoms with Crippen LogP contribution in [0.15, 0.2) is 70.5 Å². The molecule has 2 amide bonds. The fourth-order valence-electron chi connectivity index (χ4n) is 4.15. The molecule has 0 radical (unpaired) electrons. The van der Waals surface area contributed by atoms with Gasteiger partial charge in [0.05, 0.1) is 23.9 Å². The van der Waals surface area contributed by atoms with Gasteiger partial charge in [0.15, 0.2) is 0 Å². The zero-order valence-corrected chi connectivity index (χ0v) is 19.8. The average molecular weight is 497 g/mol. The third kappa shape index (κ3) is 4.69. The summed E-state index contributed by atoms with van der Waals surface area (Å²) < 4.78 is 19.2. The molecule has 1 N–H and O–H groups in total. The van der Waals surface area contributed by atoms with Gasteiger partial charge in [0.1, 0.15) is 5.82 Å². The molecule has 5 rings (SSSR count). The minimum atomic E-state index is -0.442. The van der Waals surface area contributed by atoms with Crippen molar-refractivity contribution in [3.05, 3.63) is 88.2 Å². The van der Waals surface area contributed by atoms with E-state index < -0.39 is 5.82 Å². The molecular formula is C26H22ClFN2O3S. The predicted molar refractivity (Wildman–Crippen MR) is 130 cm³/mol. The Labute approximate surface area is 206 Å². The first-order chi connectivity index (χ1) is 16.5. The quantitative estimate of drug-likeness (QED) is 0.492. The zero-order chi connectivity index (χ0) is 23.7. The topological polar surface area (TPSA) is 58.6 Å². The Hall–Kier alpha value is -2.87. The number of halogens is 2. The molecule has 0 bridgehead atoms. The van der Waals surface area contributed by atoms with Crippen LogP contribution >= 0.6 is 23.4 Å². The number of rotatable bonds is 5. The average Bonchev–Trinajstić information content (AvgIpc) is 3.32. The van der Waals surface area contributed by atoms with E-state index in [1.54, 1.807) is 29.2 Å². The standard InChI is InChI=1S/C26H22ClFN2O3S/c27-21-13-18(28)9-7-17(21)15-30-22-12-16(25(31)29-14-19-4-3-11-33-19)8-10-24(22)34-23-6-2-1-5-20(23)26(30)32/h1-2,5-10,12-13,19H,3-4,11,14-15H2,(H,29,31). The van der Waals surface area contributed by atoms with Crippen molar-refractivity contribution in [2.75, 3.05) is 18.1 Å².